The predicted molar refractivity (Wildman–Crippen MR) is 80.6 cm³/mol. The van der Waals surface area contributed by atoms with Crippen LogP contribution in [0.2, 0.25) is 0 Å². The highest BCUT2D eigenvalue weighted by molar-refractivity contribution is 5.74. The number of urea groups is 1. The van der Waals surface area contributed by atoms with Crippen molar-refractivity contribution in [1.82, 2.24) is 10.6 Å². The molecule has 0 heterocycles. The fraction of sp³-hybridized carbons (Fsp3) is 0.438. The molecule has 0 radical (unpaired) electrons. The van der Waals surface area contributed by atoms with Gasteiger partial charge >= 0.3 is 12.2 Å². The van der Waals surface area contributed by atoms with Gasteiger partial charge in [-0.15, -0.1) is 0 Å². The Kier molecular flexibility index (Phi) is 7.42. The van der Waals surface area contributed by atoms with Gasteiger partial charge in [0, 0.05) is 18.2 Å². The highest BCUT2D eigenvalue weighted by Gasteiger charge is 2.30. The average molecular weight is 328 g/mol. The molecule has 23 heavy (non-hydrogen) atoms. The summed E-state index contributed by atoms with van der Waals surface area (Å²) in [5.41, 5.74) is -0.529. The van der Waals surface area contributed by atoms with Crippen molar-refractivity contribution in [1.29, 1.82) is 0 Å². The SMILES string of the molecule is CCC(CCO)NC(=O)NCC#Cc1cccc(C(F)(F)F)c1. The minimum atomic E-state index is -4.41. The molecule has 1 atom stereocenters. The first-order valence-electron chi connectivity index (χ1n) is 7.18. The Labute approximate surface area is 133 Å². The number of benzene rings is 1. The second kappa shape index (κ2) is 9.06. The van der Waals surface area contributed by atoms with Gasteiger partial charge in [0.05, 0.1) is 12.1 Å². The van der Waals surface area contributed by atoms with Crippen molar-refractivity contribution in [3.8, 4) is 11.8 Å². The Morgan fingerprint density at radius 1 is 1.39 bits per heavy atom. The molecule has 0 aliphatic heterocycles. The number of rotatable bonds is 5. The molecule has 126 valence electrons. The first-order valence-corrected chi connectivity index (χ1v) is 7.18. The molecule has 2 amide bonds. The Morgan fingerprint density at radius 3 is 2.74 bits per heavy atom. The third-order valence-electron chi connectivity index (χ3n) is 3.07. The van der Waals surface area contributed by atoms with Crippen molar-refractivity contribution >= 4 is 6.03 Å². The molecule has 0 aliphatic rings. The van der Waals surface area contributed by atoms with Gasteiger partial charge in [0.1, 0.15) is 0 Å². The molecule has 1 aromatic rings. The van der Waals surface area contributed by atoms with Crippen LogP contribution in [-0.4, -0.2) is 30.3 Å². The van der Waals surface area contributed by atoms with Crippen LogP contribution in [0.15, 0.2) is 24.3 Å². The largest absolute Gasteiger partial charge is 0.416 e. The topological polar surface area (TPSA) is 61.4 Å². The molecule has 1 unspecified atom stereocenters. The van der Waals surface area contributed by atoms with Gasteiger partial charge in [0.25, 0.3) is 0 Å². The Balaban J connectivity index is 2.51. The van der Waals surface area contributed by atoms with E-state index in [9.17, 15) is 18.0 Å². The van der Waals surface area contributed by atoms with Crippen molar-refractivity contribution < 1.29 is 23.1 Å². The van der Waals surface area contributed by atoms with Gasteiger partial charge in [0.15, 0.2) is 0 Å². The molecule has 7 heteroatoms. The van der Waals surface area contributed by atoms with Gasteiger partial charge in [-0.25, -0.2) is 4.79 Å². The van der Waals surface area contributed by atoms with Crippen LogP contribution in [0, 0.1) is 11.8 Å². The number of amides is 2. The molecule has 3 N–H and O–H groups in total. The Bertz CT molecular complexity index is 577. The summed E-state index contributed by atoms with van der Waals surface area (Å²) >= 11 is 0. The molecule has 0 aromatic heterocycles. The number of carbonyl (C=O) groups is 1. The Hall–Kier alpha value is -2.20. The van der Waals surface area contributed by atoms with Gasteiger partial charge in [0.2, 0.25) is 0 Å². The monoisotopic (exact) mass is 328 g/mol. The lowest BCUT2D eigenvalue weighted by Gasteiger charge is -2.15. The number of hydrogen-bond acceptors (Lipinski definition) is 2. The fourth-order valence-corrected chi connectivity index (χ4v) is 1.81. The summed E-state index contributed by atoms with van der Waals surface area (Å²) in [5.74, 6) is 5.17. The van der Waals surface area contributed by atoms with E-state index in [2.05, 4.69) is 22.5 Å². The van der Waals surface area contributed by atoms with E-state index in [-0.39, 0.29) is 24.8 Å². The maximum Gasteiger partial charge on any atom is 0.416 e. The number of halogens is 3. The van der Waals surface area contributed by atoms with Crippen LogP contribution in [-0.2, 0) is 6.18 Å². The summed E-state index contributed by atoms with van der Waals surface area (Å²) in [4.78, 5) is 11.6. The van der Waals surface area contributed by atoms with E-state index in [4.69, 9.17) is 5.11 Å². The second-order valence-corrected chi connectivity index (χ2v) is 4.82. The predicted octanol–water partition coefficient (Wildman–Crippen LogP) is 2.52. The van der Waals surface area contributed by atoms with Crippen molar-refractivity contribution in [2.45, 2.75) is 32.0 Å². The quantitative estimate of drug-likeness (QED) is 0.728. The molecule has 4 nitrogen and oxygen atoms in total. The van der Waals surface area contributed by atoms with Gasteiger partial charge < -0.3 is 15.7 Å². The summed E-state index contributed by atoms with van der Waals surface area (Å²) in [6, 6.07) is 4.13. The number of carbonyl (C=O) groups excluding carboxylic acids is 1. The van der Waals surface area contributed by atoms with Crippen LogP contribution in [0.3, 0.4) is 0 Å². The summed E-state index contributed by atoms with van der Waals surface area (Å²) < 4.78 is 37.6. The standard InChI is InChI=1S/C16H19F3N2O2/c1-2-14(8-10-22)21-15(23)20-9-4-6-12-5-3-7-13(11-12)16(17,18)19/h3,5,7,11,14,22H,2,8-10H2,1H3,(H2,20,21,23). The number of aliphatic hydroxyl groups excluding tert-OH is 1. The molecule has 0 fully saturated rings. The summed E-state index contributed by atoms with van der Waals surface area (Å²) in [6.45, 7) is 1.87. The second-order valence-electron chi connectivity index (χ2n) is 4.82. The van der Waals surface area contributed by atoms with E-state index in [0.29, 0.717) is 12.8 Å². The van der Waals surface area contributed by atoms with E-state index in [1.807, 2.05) is 6.92 Å². The maximum absolute atomic E-state index is 12.5. The molecule has 0 saturated heterocycles. The van der Waals surface area contributed by atoms with Crippen molar-refractivity contribution in [3.63, 3.8) is 0 Å². The average Bonchev–Trinajstić information content (AvgIpc) is 2.50. The van der Waals surface area contributed by atoms with Crippen LogP contribution in [0.25, 0.3) is 0 Å². The highest BCUT2D eigenvalue weighted by Crippen LogP contribution is 2.29. The zero-order valence-electron chi connectivity index (χ0n) is 12.7. The lowest BCUT2D eigenvalue weighted by molar-refractivity contribution is -0.137. The van der Waals surface area contributed by atoms with Crippen molar-refractivity contribution in [3.05, 3.63) is 35.4 Å². The maximum atomic E-state index is 12.5. The minimum Gasteiger partial charge on any atom is -0.396 e. The smallest absolute Gasteiger partial charge is 0.396 e. The number of hydrogen-bond donors (Lipinski definition) is 3. The Morgan fingerprint density at radius 2 is 2.13 bits per heavy atom. The normalized spacial score (nSPS) is 12.0. The third kappa shape index (κ3) is 7.06. The van der Waals surface area contributed by atoms with Crippen LogP contribution in [0.4, 0.5) is 18.0 Å². The van der Waals surface area contributed by atoms with Crippen molar-refractivity contribution in [2.24, 2.45) is 0 Å². The zero-order valence-corrected chi connectivity index (χ0v) is 12.7. The summed E-state index contributed by atoms with van der Waals surface area (Å²) in [5, 5.41) is 14.0. The fourth-order valence-electron chi connectivity index (χ4n) is 1.81. The van der Waals surface area contributed by atoms with E-state index >= 15 is 0 Å². The summed E-state index contributed by atoms with van der Waals surface area (Å²) in [7, 11) is 0. The van der Waals surface area contributed by atoms with E-state index in [1.54, 1.807) is 0 Å². The molecule has 0 aliphatic carbocycles. The molecular weight excluding hydrogens is 309 g/mol. The lowest BCUT2D eigenvalue weighted by atomic mass is 10.1. The minimum absolute atomic E-state index is 0.0115. The first-order chi connectivity index (χ1) is 10.9. The van der Waals surface area contributed by atoms with E-state index < -0.39 is 17.8 Å². The molecule has 0 spiro atoms. The van der Waals surface area contributed by atoms with Gasteiger partial charge in [-0.1, -0.05) is 24.8 Å². The molecule has 0 saturated carbocycles. The van der Waals surface area contributed by atoms with Crippen LogP contribution in [0.1, 0.15) is 30.9 Å². The van der Waals surface area contributed by atoms with Gasteiger partial charge in [-0.2, -0.15) is 13.2 Å². The molecule has 0 bridgehead atoms. The van der Waals surface area contributed by atoms with Crippen LogP contribution < -0.4 is 10.6 Å². The zero-order chi connectivity index (χ0) is 17.3. The number of aliphatic hydroxyl groups is 1. The van der Waals surface area contributed by atoms with Gasteiger partial charge in [-0.3, -0.25) is 0 Å². The third-order valence-corrected chi connectivity index (χ3v) is 3.07. The van der Waals surface area contributed by atoms with E-state index in [0.717, 1.165) is 12.1 Å². The van der Waals surface area contributed by atoms with Gasteiger partial charge in [-0.05, 0) is 31.0 Å². The first kappa shape index (κ1) is 18.8. The van der Waals surface area contributed by atoms with Crippen LogP contribution in [0.5, 0.6) is 0 Å². The number of alkyl halides is 3. The molecular formula is C16H19F3N2O2. The number of nitrogens with one attached hydrogen (secondary N) is 2. The van der Waals surface area contributed by atoms with E-state index in [1.165, 1.54) is 12.1 Å². The lowest BCUT2D eigenvalue weighted by Crippen LogP contribution is -2.42. The molecule has 1 rings (SSSR count). The summed E-state index contributed by atoms with van der Waals surface area (Å²) in [6.07, 6.45) is -3.26. The van der Waals surface area contributed by atoms with Crippen molar-refractivity contribution in [2.75, 3.05) is 13.2 Å². The van der Waals surface area contributed by atoms with Crippen LogP contribution >= 0.6 is 0 Å². The highest BCUT2D eigenvalue weighted by atomic mass is 19.4. The molecule has 1 aromatic carbocycles.